The van der Waals surface area contributed by atoms with E-state index in [0.717, 1.165) is 29.9 Å². The van der Waals surface area contributed by atoms with Gasteiger partial charge in [0.05, 0.1) is 0 Å². The number of nitrogens with zero attached hydrogens (tertiary/aromatic N) is 3. The molecule has 1 aliphatic carbocycles. The van der Waals surface area contributed by atoms with Gasteiger partial charge >= 0.3 is 12.3 Å². The number of hydrogen-bond acceptors (Lipinski definition) is 5. The van der Waals surface area contributed by atoms with Crippen LogP contribution in [-0.4, -0.2) is 39.0 Å². The summed E-state index contributed by atoms with van der Waals surface area (Å²) in [5.41, 5.74) is 0.586. The third kappa shape index (κ3) is 3.55. The van der Waals surface area contributed by atoms with Gasteiger partial charge in [0.25, 0.3) is 0 Å². The molecule has 3 rings (SSSR count). The molecule has 1 amide bonds. The van der Waals surface area contributed by atoms with Crippen molar-refractivity contribution in [3.8, 4) is 0 Å². The highest BCUT2D eigenvalue weighted by Crippen LogP contribution is 2.52. The monoisotopic (exact) mass is 361 g/mol. The molecule has 0 atom stereocenters. The zero-order valence-electron chi connectivity index (χ0n) is 13.6. The highest BCUT2D eigenvalue weighted by molar-refractivity contribution is 7.06. The summed E-state index contributed by atoms with van der Waals surface area (Å²) in [6, 6.07) is 0. The van der Waals surface area contributed by atoms with Gasteiger partial charge in [-0.15, -0.1) is 0 Å². The Hall–Kier alpha value is -1.64. The number of halogens is 3. The summed E-state index contributed by atoms with van der Waals surface area (Å²) in [6.45, 7) is 6.72. The van der Waals surface area contributed by atoms with E-state index in [1.54, 1.807) is 11.0 Å². The Kier molecular flexibility index (Phi) is 3.89. The van der Waals surface area contributed by atoms with Crippen molar-refractivity contribution in [1.82, 2.24) is 14.3 Å². The predicted octanol–water partition coefficient (Wildman–Crippen LogP) is 3.97. The average Bonchev–Trinajstić information content (AvgIpc) is 2.75. The van der Waals surface area contributed by atoms with Gasteiger partial charge in [0.2, 0.25) is 5.82 Å². The normalized spacial score (nSPS) is 19.8. The van der Waals surface area contributed by atoms with Crippen molar-refractivity contribution in [3.05, 3.63) is 16.4 Å². The van der Waals surface area contributed by atoms with E-state index in [2.05, 4.69) is 9.36 Å². The molecule has 1 spiro atoms. The molecule has 2 aliphatic rings. The molecule has 0 aromatic carbocycles. The lowest BCUT2D eigenvalue weighted by Crippen LogP contribution is -2.62. The lowest BCUT2D eigenvalue weighted by molar-refractivity contribution is -0.144. The number of alkyl halides is 3. The molecule has 1 saturated carbocycles. The minimum absolute atomic E-state index is 0.0558. The predicted molar refractivity (Wildman–Crippen MR) is 82.4 cm³/mol. The standard InChI is InChI=1S/C15H18F3N3O2S/c1-13(2,3)23-12(22)21-7-14(8-21)5-9(6-14)4-10-19-11(20-24-10)15(16,17)18/h4H,5-8H2,1-3H3. The smallest absolute Gasteiger partial charge is 0.444 e. The number of amides is 1. The quantitative estimate of drug-likeness (QED) is 0.759. The Labute approximate surface area is 141 Å². The molecule has 0 N–H and O–H groups in total. The van der Waals surface area contributed by atoms with E-state index in [1.807, 2.05) is 20.8 Å². The third-order valence-electron chi connectivity index (χ3n) is 3.93. The van der Waals surface area contributed by atoms with E-state index in [4.69, 9.17) is 4.74 Å². The maximum Gasteiger partial charge on any atom is 0.452 e. The van der Waals surface area contributed by atoms with E-state index in [-0.39, 0.29) is 16.5 Å². The molecule has 2 fully saturated rings. The Balaban J connectivity index is 1.52. The van der Waals surface area contributed by atoms with Gasteiger partial charge in [-0.2, -0.15) is 17.5 Å². The number of ether oxygens (including phenoxy) is 1. The molecular weight excluding hydrogens is 343 g/mol. The Morgan fingerprint density at radius 1 is 1.29 bits per heavy atom. The minimum atomic E-state index is -4.50. The fourth-order valence-corrected chi connectivity index (χ4v) is 3.71. The Morgan fingerprint density at radius 2 is 1.92 bits per heavy atom. The van der Waals surface area contributed by atoms with Crippen molar-refractivity contribution in [2.45, 2.75) is 45.4 Å². The highest BCUT2D eigenvalue weighted by Gasteiger charge is 2.52. The third-order valence-corrected chi connectivity index (χ3v) is 4.59. The first-order chi connectivity index (χ1) is 11.0. The summed E-state index contributed by atoms with van der Waals surface area (Å²) >= 11 is 0.750. The Bertz CT molecular complexity index is 675. The number of rotatable bonds is 1. The second-order valence-corrected chi connectivity index (χ2v) is 8.23. The van der Waals surface area contributed by atoms with Crippen LogP contribution >= 0.6 is 11.5 Å². The molecule has 0 unspecified atom stereocenters. The lowest BCUT2D eigenvalue weighted by atomic mass is 9.61. The van der Waals surface area contributed by atoms with Crippen molar-refractivity contribution < 1.29 is 22.7 Å². The van der Waals surface area contributed by atoms with Crippen LogP contribution in [0, 0.1) is 5.41 Å². The van der Waals surface area contributed by atoms with E-state index in [9.17, 15) is 18.0 Å². The topological polar surface area (TPSA) is 55.3 Å². The number of hydrogen-bond donors (Lipinski definition) is 0. The number of likely N-dealkylation sites (tertiary alicyclic amines) is 1. The first-order valence-electron chi connectivity index (χ1n) is 7.54. The molecule has 24 heavy (non-hydrogen) atoms. The Morgan fingerprint density at radius 3 is 2.42 bits per heavy atom. The maximum absolute atomic E-state index is 12.5. The molecule has 132 valence electrons. The van der Waals surface area contributed by atoms with Gasteiger partial charge in [-0.3, -0.25) is 0 Å². The van der Waals surface area contributed by atoms with Gasteiger partial charge in [0.1, 0.15) is 10.6 Å². The molecule has 1 saturated heterocycles. The van der Waals surface area contributed by atoms with E-state index in [1.165, 1.54) is 0 Å². The van der Waals surface area contributed by atoms with Crippen LogP contribution in [0.25, 0.3) is 6.08 Å². The van der Waals surface area contributed by atoms with Crippen molar-refractivity contribution in [2.75, 3.05) is 13.1 Å². The summed E-state index contributed by atoms with van der Waals surface area (Å²) in [4.78, 5) is 17.1. The van der Waals surface area contributed by atoms with Gasteiger partial charge in [0.15, 0.2) is 0 Å². The summed E-state index contributed by atoms with van der Waals surface area (Å²) in [5, 5.41) is 0.274. The van der Waals surface area contributed by atoms with Crippen LogP contribution in [0.15, 0.2) is 5.57 Å². The van der Waals surface area contributed by atoms with Gasteiger partial charge in [0, 0.05) is 18.5 Å². The fraction of sp³-hybridized carbons (Fsp3) is 0.667. The van der Waals surface area contributed by atoms with E-state index < -0.39 is 17.6 Å². The summed E-state index contributed by atoms with van der Waals surface area (Å²) < 4.78 is 46.0. The first-order valence-corrected chi connectivity index (χ1v) is 8.31. The molecule has 9 heteroatoms. The van der Waals surface area contributed by atoms with Crippen LogP contribution in [0.3, 0.4) is 0 Å². The molecule has 1 aliphatic heterocycles. The van der Waals surface area contributed by atoms with Crippen molar-refractivity contribution in [2.24, 2.45) is 5.41 Å². The van der Waals surface area contributed by atoms with Crippen LogP contribution < -0.4 is 0 Å². The highest BCUT2D eigenvalue weighted by atomic mass is 32.1. The van der Waals surface area contributed by atoms with Crippen LogP contribution in [0.1, 0.15) is 44.4 Å². The molecule has 0 radical (unpaired) electrons. The SMILES string of the molecule is CC(C)(C)OC(=O)N1CC2(CC(=Cc3nc(C(F)(F)F)ns3)C2)C1. The molecule has 1 aromatic rings. The summed E-state index contributed by atoms with van der Waals surface area (Å²) in [6.07, 6.45) is -1.60. The fourth-order valence-electron chi connectivity index (χ4n) is 3.04. The zero-order chi connectivity index (χ0) is 17.8. The number of carbonyl (C=O) groups excluding carboxylic acids is 1. The second kappa shape index (κ2) is 5.44. The van der Waals surface area contributed by atoms with Gasteiger partial charge < -0.3 is 9.64 Å². The minimum Gasteiger partial charge on any atom is -0.444 e. The van der Waals surface area contributed by atoms with E-state index in [0.29, 0.717) is 13.1 Å². The van der Waals surface area contributed by atoms with Gasteiger partial charge in [-0.1, -0.05) is 5.57 Å². The average molecular weight is 361 g/mol. The molecule has 0 bridgehead atoms. The molecular formula is C15H18F3N3O2S. The van der Waals surface area contributed by atoms with E-state index >= 15 is 0 Å². The van der Waals surface area contributed by atoms with Crippen molar-refractivity contribution in [1.29, 1.82) is 0 Å². The molecule has 1 aromatic heterocycles. The van der Waals surface area contributed by atoms with Crippen LogP contribution in [-0.2, 0) is 10.9 Å². The molecule has 2 heterocycles. The molecule has 5 nitrogen and oxygen atoms in total. The number of carbonyl (C=O) groups is 1. The summed E-state index contributed by atoms with van der Waals surface area (Å²) in [7, 11) is 0. The number of aromatic nitrogens is 2. The van der Waals surface area contributed by atoms with Crippen LogP contribution in [0.4, 0.5) is 18.0 Å². The van der Waals surface area contributed by atoms with Crippen LogP contribution in [0.2, 0.25) is 0 Å². The largest absolute Gasteiger partial charge is 0.452 e. The van der Waals surface area contributed by atoms with Gasteiger partial charge in [-0.05, 0) is 51.2 Å². The zero-order valence-corrected chi connectivity index (χ0v) is 14.4. The van der Waals surface area contributed by atoms with Crippen molar-refractivity contribution >= 4 is 23.7 Å². The number of allylic oxidation sites excluding steroid dienone is 1. The first kappa shape index (κ1) is 17.2. The van der Waals surface area contributed by atoms with Crippen LogP contribution in [0.5, 0.6) is 0 Å². The second-order valence-electron chi connectivity index (χ2n) is 7.45. The summed E-state index contributed by atoms with van der Waals surface area (Å²) in [5.74, 6) is -1.09. The maximum atomic E-state index is 12.5. The lowest BCUT2D eigenvalue weighted by Gasteiger charge is -2.56. The van der Waals surface area contributed by atoms with Crippen molar-refractivity contribution in [3.63, 3.8) is 0 Å². The van der Waals surface area contributed by atoms with Gasteiger partial charge in [-0.25, -0.2) is 9.78 Å².